The smallest absolute Gasteiger partial charge is 0.106 e. The molecule has 0 fully saturated rings. The van der Waals surface area contributed by atoms with Crippen molar-refractivity contribution in [3.8, 4) is 0 Å². The molecule has 6 nitrogen and oxygen atoms in total. The van der Waals surface area contributed by atoms with Crippen molar-refractivity contribution in [2.45, 2.75) is 123 Å². The summed E-state index contributed by atoms with van der Waals surface area (Å²) in [6.07, 6.45) is 12.7. The van der Waals surface area contributed by atoms with Crippen LogP contribution in [0.1, 0.15) is 97.8 Å². The second kappa shape index (κ2) is 19.1. The molecule has 164 valence electrons. The van der Waals surface area contributed by atoms with Crippen molar-refractivity contribution in [2.75, 3.05) is 13.2 Å². The highest BCUT2D eigenvalue weighted by Crippen LogP contribution is 2.12. The van der Waals surface area contributed by atoms with E-state index in [1.807, 2.05) is 0 Å². The van der Waals surface area contributed by atoms with Crippen LogP contribution in [-0.2, 0) is 4.74 Å². The number of hydrogen-bond donors (Lipinski definition) is 5. The van der Waals surface area contributed by atoms with E-state index in [2.05, 4.69) is 17.6 Å². The monoisotopic (exact) mass is 390 g/mol. The molecule has 0 saturated carbocycles. The SMILES string of the molecule is CCCCCCCCCCCCCCOCC(O)C(NC(C)O)NC(C)O. The minimum absolute atomic E-state index is 0.169. The molecule has 3 atom stereocenters. The van der Waals surface area contributed by atoms with Crippen LogP contribution in [0.4, 0.5) is 0 Å². The second-order valence-electron chi connectivity index (χ2n) is 7.69. The van der Waals surface area contributed by atoms with Crippen molar-refractivity contribution in [2.24, 2.45) is 0 Å². The largest absolute Gasteiger partial charge is 0.388 e. The fourth-order valence-corrected chi connectivity index (χ4v) is 3.14. The average Bonchev–Trinajstić information content (AvgIpc) is 2.60. The zero-order valence-electron chi connectivity index (χ0n) is 18.0. The summed E-state index contributed by atoms with van der Waals surface area (Å²) in [5, 5.41) is 34.4. The lowest BCUT2D eigenvalue weighted by Crippen LogP contribution is -2.57. The van der Waals surface area contributed by atoms with Gasteiger partial charge in [-0.3, -0.25) is 10.6 Å². The minimum atomic E-state index is -0.841. The predicted octanol–water partition coefficient (Wildman–Crippen LogP) is 3.25. The van der Waals surface area contributed by atoms with Crippen molar-refractivity contribution in [1.29, 1.82) is 0 Å². The van der Waals surface area contributed by atoms with Crippen molar-refractivity contribution in [1.82, 2.24) is 10.6 Å². The molecule has 0 aliphatic carbocycles. The number of nitrogens with one attached hydrogen (secondary N) is 2. The number of aliphatic hydroxyl groups is 3. The van der Waals surface area contributed by atoms with Gasteiger partial charge in [0.1, 0.15) is 18.6 Å². The molecule has 5 N–H and O–H groups in total. The van der Waals surface area contributed by atoms with Crippen molar-refractivity contribution in [3.63, 3.8) is 0 Å². The molecule has 3 unspecified atom stereocenters. The normalized spacial score (nSPS) is 16.2. The number of hydrogen-bond acceptors (Lipinski definition) is 6. The summed E-state index contributed by atoms with van der Waals surface area (Å²) in [7, 11) is 0. The zero-order chi connectivity index (χ0) is 20.3. The van der Waals surface area contributed by atoms with Gasteiger partial charge in [-0.25, -0.2) is 0 Å². The Morgan fingerprint density at radius 2 is 1.07 bits per heavy atom. The van der Waals surface area contributed by atoms with E-state index in [-0.39, 0.29) is 6.61 Å². The van der Waals surface area contributed by atoms with Gasteiger partial charge in [-0.2, -0.15) is 0 Å². The molecule has 0 amide bonds. The van der Waals surface area contributed by atoms with Crippen LogP contribution < -0.4 is 10.6 Å². The van der Waals surface area contributed by atoms with E-state index in [0.717, 1.165) is 12.8 Å². The van der Waals surface area contributed by atoms with Gasteiger partial charge < -0.3 is 20.1 Å². The second-order valence-corrected chi connectivity index (χ2v) is 7.69. The van der Waals surface area contributed by atoms with E-state index in [0.29, 0.717) is 6.61 Å². The van der Waals surface area contributed by atoms with Gasteiger partial charge in [0, 0.05) is 6.61 Å². The molecule has 0 aromatic carbocycles. The van der Waals surface area contributed by atoms with Crippen molar-refractivity contribution in [3.05, 3.63) is 0 Å². The molecule has 0 saturated heterocycles. The fourth-order valence-electron chi connectivity index (χ4n) is 3.14. The van der Waals surface area contributed by atoms with Crippen LogP contribution in [0, 0.1) is 0 Å². The number of aliphatic hydroxyl groups excluding tert-OH is 3. The molecule has 0 rings (SSSR count). The quantitative estimate of drug-likeness (QED) is 0.162. The highest BCUT2D eigenvalue weighted by molar-refractivity contribution is 4.74. The Morgan fingerprint density at radius 1 is 0.667 bits per heavy atom. The lowest BCUT2D eigenvalue weighted by molar-refractivity contribution is -0.0212. The van der Waals surface area contributed by atoms with Gasteiger partial charge in [-0.05, 0) is 20.3 Å². The summed E-state index contributed by atoms with van der Waals surface area (Å²) in [5.41, 5.74) is 0. The maximum absolute atomic E-state index is 10.1. The van der Waals surface area contributed by atoms with Crippen LogP contribution in [0.15, 0.2) is 0 Å². The van der Waals surface area contributed by atoms with E-state index in [9.17, 15) is 15.3 Å². The lowest BCUT2D eigenvalue weighted by Gasteiger charge is -2.27. The summed E-state index contributed by atoms with van der Waals surface area (Å²) in [5.74, 6) is 0. The Bertz CT molecular complexity index is 294. The average molecular weight is 391 g/mol. The van der Waals surface area contributed by atoms with Crippen molar-refractivity contribution >= 4 is 0 Å². The molecule has 0 aliphatic heterocycles. The highest BCUT2D eigenvalue weighted by Gasteiger charge is 2.21. The number of rotatable bonds is 20. The Balaban J connectivity index is 3.48. The first-order chi connectivity index (χ1) is 13.0. The van der Waals surface area contributed by atoms with Crippen LogP contribution in [-0.4, -0.2) is 53.3 Å². The first-order valence-electron chi connectivity index (χ1n) is 11.1. The summed E-state index contributed by atoms with van der Waals surface area (Å²) in [6.45, 7) is 6.19. The third kappa shape index (κ3) is 18.9. The first-order valence-corrected chi connectivity index (χ1v) is 11.1. The summed E-state index contributed by atoms with van der Waals surface area (Å²) in [6, 6.07) is 0. The molecule has 0 aliphatic rings. The molecule has 0 spiro atoms. The van der Waals surface area contributed by atoms with Gasteiger partial charge in [-0.1, -0.05) is 77.6 Å². The van der Waals surface area contributed by atoms with Crippen LogP contribution >= 0.6 is 0 Å². The molecule has 27 heavy (non-hydrogen) atoms. The van der Waals surface area contributed by atoms with Gasteiger partial charge in [0.25, 0.3) is 0 Å². The third-order valence-electron chi connectivity index (χ3n) is 4.66. The minimum Gasteiger partial charge on any atom is -0.388 e. The molecule has 0 aromatic heterocycles. The molecule has 0 aromatic rings. The Hall–Kier alpha value is -0.240. The Morgan fingerprint density at radius 3 is 1.48 bits per heavy atom. The number of unbranched alkanes of at least 4 members (excludes halogenated alkanes) is 11. The predicted molar refractivity (Wildman–Crippen MR) is 111 cm³/mol. The first kappa shape index (κ1) is 26.8. The van der Waals surface area contributed by atoms with E-state index in [4.69, 9.17) is 4.74 Å². The molecular formula is C21H46N2O4. The lowest BCUT2D eigenvalue weighted by atomic mass is 10.1. The van der Waals surface area contributed by atoms with Crippen LogP contribution in [0.2, 0.25) is 0 Å². The van der Waals surface area contributed by atoms with E-state index in [1.54, 1.807) is 13.8 Å². The maximum Gasteiger partial charge on any atom is 0.106 e. The van der Waals surface area contributed by atoms with Crippen molar-refractivity contribution < 1.29 is 20.1 Å². The maximum atomic E-state index is 10.1. The molecular weight excluding hydrogens is 344 g/mol. The standard InChI is InChI=1S/C21H46N2O4/c1-4-5-6-7-8-9-10-11-12-13-14-15-16-27-17-20(26)21(22-18(2)24)23-19(3)25/h18-26H,4-17H2,1-3H3. The van der Waals surface area contributed by atoms with Gasteiger partial charge in [-0.15, -0.1) is 0 Å². The molecule has 0 heterocycles. The fraction of sp³-hybridized carbons (Fsp3) is 1.00. The van der Waals surface area contributed by atoms with Gasteiger partial charge in [0.2, 0.25) is 0 Å². The Labute approximate surface area is 167 Å². The third-order valence-corrected chi connectivity index (χ3v) is 4.66. The highest BCUT2D eigenvalue weighted by atomic mass is 16.5. The van der Waals surface area contributed by atoms with Crippen LogP contribution in [0.3, 0.4) is 0 Å². The molecule has 0 bridgehead atoms. The van der Waals surface area contributed by atoms with E-state index in [1.165, 1.54) is 64.2 Å². The molecule has 0 radical (unpaired) electrons. The van der Waals surface area contributed by atoms with Gasteiger partial charge in [0.15, 0.2) is 0 Å². The topological polar surface area (TPSA) is 94.0 Å². The van der Waals surface area contributed by atoms with Gasteiger partial charge in [0.05, 0.1) is 12.8 Å². The summed E-state index contributed by atoms with van der Waals surface area (Å²) < 4.78 is 5.54. The van der Waals surface area contributed by atoms with E-state index < -0.39 is 24.7 Å². The van der Waals surface area contributed by atoms with Gasteiger partial charge >= 0.3 is 0 Å². The molecule has 6 heteroatoms. The summed E-state index contributed by atoms with van der Waals surface area (Å²) in [4.78, 5) is 0. The van der Waals surface area contributed by atoms with Crippen LogP contribution in [0.5, 0.6) is 0 Å². The van der Waals surface area contributed by atoms with Crippen LogP contribution in [0.25, 0.3) is 0 Å². The zero-order valence-corrected chi connectivity index (χ0v) is 18.0. The number of ether oxygens (including phenoxy) is 1. The van der Waals surface area contributed by atoms with E-state index >= 15 is 0 Å². The Kier molecular flexibility index (Phi) is 18.9. The summed E-state index contributed by atoms with van der Waals surface area (Å²) >= 11 is 0.